The fraction of sp³-hybridized carbons (Fsp3) is 0.0588. The molecule has 0 atom stereocenters. The average molecular weight is 470 g/mol. The Hall–Kier alpha value is -0.860. The summed E-state index contributed by atoms with van der Waals surface area (Å²) in [5, 5.41) is 18.9. The number of phenols is 1. The smallest absolute Gasteiger partial charge is 1.00 e. The molecule has 3 aromatic carbocycles. The maximum absolute atomic E-state index is 11.3. The maximum atomic E-state index is 11.3. The second-order valence-electron chi connectivity index (χ2n) is 5.91. The summed E-state index contributed by atoms with van der Waals surface area (Å²) in [6.07, 6.45) is 0. The molecule has 0 spiro atoms. The number of hydrogen-bond donors (Lipinski definition) is 3. The van der Waals surface area contributed by atoms with Gasteiger partial charge in [0.25, 0.3) is 20.2 Å². The maximum Gasteiger partial charge on any atom is 1.00 e. The summed E-state index contributed by atoms with van der Waals surface area (Å²) in [7, 11) is -8.72. The number of azo groups is 1. The van der Waals surface area contributed by atoms with Crippen molar-refractivity contribution in [3.8, 4) is 5.75 Å². The Labute approximate surface area is 220 Å². The zero-order chi connectivity index (χ0) is 20.7. The fourth-order valence-electron chi connectivity index (χ4n) is 2.55. The van der Waals surface area contributed by atoms with Crippen LogP contribution in [0.3, 0.4) is 0 Å². The van der Waals surface area contributed by atoms with Crippen LogP contribution in [-0.2, 0) is 20.2 Å². The van der Waals surface area contributed by atoms with Gasteiger partial charge >= 0.3 is 59.1 Å². The van der Waals surface area contributed by atoms with Gasteiger partial charge in [0.1, 0.15) is 11.4 Å². The van der Waals surface area contributed by atoms with Crippen LogP contribution in [0, 0.1) is 6.92 Å². The number of phenolic OH excluding ortho intramolecular Hbond substituents is 1. The van der Waals surface area contributed by atoms with Gasteiger partial charge in [0.2, 0.25) is 0 Å². The molecule has 0 aromatic heterocycles. The van der Waals surface area contributed by atoms with Crippen molar-refractivity contribution in [1.29, 1.82) is 0 Å². The van der Waals surface area contributed by atoms with E-state index in [1.54, 1.807) is 6.92 Å². The van der Waals surface area contributed by atoms with Gasteiger partial charge in [-0.1, -0.05) is 12.1 Å². The Balaban J connectivity index is 0. The van der Waals surface area contributed by atoms with Crippen LogP contribution in [0.25, 0.3) is 10.8 Å². The van der Waals surface area contributed by atoms with E-state index in [2.05, 4.69) is 10.2 Å². The Kier molecular flexibility index (Phi) is 9.21. The van der Waals surface area contributed by atoms with Crippen LogP contribution in [0.15, 0.2) is 68.6 Å². The van der Waals surface area contributed by atoms with Crippen molar-refractivity contribution >= 4 is 42.4 Å². The van der Waals surface area contributed by atoms with Crippen molar-refractivity contribution in [2.45, 2.75) is 16.7 Å². The Morgan fingerprint density at radius 3 is 1.93 bits per heavy atom. The van der Waals surface area contributed by atoms with Gasteiger partial charge in [-0.15, -0.1) is 5.11 Å². The predicted molar refractivity (Wildman–Crippen MR) is 103 cm³/mol. The molecule has 3 aromatic rings. The molecule has 3 N–H and O–H groups in total. The van der Waals surface area contributed by atoms with E-state index in [9.17, 15) is 21.9 Å². The molecular formula is C17H16N2Na2O7S2. The third-order valence-electron chi connectivity index (χ3n) is 3.96. The zero-order valence-electron chi connectivity index (χ0n) is 18.3. The minimum absolute atomic E-state index is 0. The first-order valence-corrected chi connectivity index (χ1v) is 10.6. The molecule has 0 fully saturated rings. The van der Waals surface area contributed by atoms with E-state index < -0.39 is 20.2 Å². The predicted octanol–water partition coefficient (Wildman–Crippen LogP) is -2.00. The van der Waals surface area contributed by atoms with Crippen molar-refractivity contribution in [3.05, 3.63) is 54.1 Å². The van der Waals surface area contributed by atoms with Crippen LogP contribution in [0.5, 0.6) is 5.75 Å². The average Bonchev–Trinajstić information content (AvgIpc) is 2.59. The largest absolute Gasteiger partial charge is 1.00 e. The first-order valence-electron chi connectivity index (χ1n) is 7.70. The summed E-state index contributed by atoms with van der Waals surface area (Å²) in [4.78, 5) is -0.583. The number of benzene rings is 3. The second-order valence-corrected chi connectivity index (χ2v) is 8.76. The molecule has 0 radical (unpaired) electrons. The van der Waals surface area contributed by atoms with Gasteiger partial charge in [-0.25, -0.2) is 0 Å². The van der Waals surface area contributed by atoms with Crippen LogP contribution in [-0.4, -0.2) is 31.0 Å². The molecule has 3 rings (SSSR count). The van der Waals surface area contributed by atoms with Crippen LogP contribution in [0.1, 0.15) is 8.42 Å². The molecular weight excluding hydrogens is 454 g/mol. The van der Waals surface area contributed by atoms with E-state index in [1.807, 2.05) is 0 Å². The van der Waals surface area contributed by atoms with E-state index >= 15 is 0 Å². The Bertz CT molecular complexity index is 1350. The minimum Gasteiger partial charge on any atom is -1.00 e. The van der Waals surface area contributed by atoms with E-state index in [0.717, 1.165) is 6.07 Å². The van der Waals surface area contributed by atoms with Crippen molar-refractivity contribution in [3.63, 3.8) is 0 Å². The third-order valence-corrected chi connectivity index (χ3v) is 5.66. The molecule has 0 bridgehead atoms. The van der Waals surface area contributed by atoms with Gasteiger partial charge < -0.3 is 7.96 Å². The van der Waals surface area contributed by atoms with Crippen LogP contribution in [0.4, 0.5) is 11.4 Å². The van der Waals surface area contributed by atoms with E-state index in [-0.39, 0.29) is 83.2 Å². The quantitative estimate of drug-likeness (QED) is 0.226. The summed E-state index contributed by atoms with van der Waals surface area (Å²) in [6, 6.07) is 10.3. The molecule has 9 nitrogen and oxygen atoms in total. The molecule has 150 valence electrons. The third kappa shape index (κ3) is 6.10. The normalized spacial score (nSPS) is 11.8. The van der Waals surface area contributed by atoms with Crippen LogP contribution >= 0.6 is 0 Å². The van der Waals surface area contributed by atoms with Crippen molar-refractivity contribution in [1.82, 2.24) is 0 Å². The van der Waals surface area contributed by atoms with Crippen LogP contribution in [0.2, 0.25) is 0 Å². The fourth-order valence-corrected chi connectivity index (χ4v) is 3.63. The number of fused-ring (bicyclic) bond motifs is 1. The van der Waals surface area contributed by atoms with Crippen LogP contribution < -0.4 is 59.1 Å². The van der Waals surface area contributed by atoms with E-state index in [1.165, 1.54) is 42.5 Å². The molecule has 0 aliphatic heterocycles. The summed E-state index contributed by atoms with van der Waals surface area (Å²) in [5.74, 6) is -0.205. The topological polar surface area (TPSA) is 154 Å². The Morgan fingerprint density at radius 2 is 1.37 bits per heavy atom. The molecule has 30 heavy (non-hydrogen) atoms. The number of aryl methyl sites for hydroxylation is 1. The Morgan fingerprint density at radius 1 is 0.800 bits per heavy atom. The van der Waals surface area contributed by atoms with Gasteiger partial charge in [-0.3, -0.25) is 9.11 Å². The molecule has 0 aliphatic carbocycles. The standard InChI is InChI=1S/C17H14N2O7S2.2Na.2H/c1-10-8-12(27(21,22)23)4-6-15(10)18-19-17-14-5-3-13(28(24,25)26)9-11(14)2-7-16(17)20;;;;/h2-9,20H,1H3,(H,21,22,23)(H,24,25,26);;;;/q;2*+1;2*-1. The van der Waals surface area contributed by atoms with Gasteiger partial charge in [0.15, 0.2) is 0 Å². The monoisotopic (exact) mass is 470 g/mol. The summed E-state index contributed by atoms with van der Waals surface area (Å²) in [5.41, 5.74) is 0.795. The number of aromatic hydroxyl groups is 1. The summed E-state index contributed by atoms with van der Waals surface area (Å²) >= 11 is 0. The van der Waals surface area contributed by atoms with Crippen molar-refractivity contribution < 1.29 is 93.0 Å². The molecule has 0 amide bonds. The first-order chi connectivity index (χ1) is 13.0. The molecule has 0 saturated heterocycles. The van der Waals surface area contributed by atoms with Gasteiger partial charge in [-0.05, 0) is 54.3 Å². The summed E-state index contributed by atoms with van der Waals surface area (Å²) in [6.45, 7) is 1.57. The minimum atomic E-state index is -4.38. The molecule has 0 saturated carbocycles. The second kappa shape index (κ2) is 10.2. The SMILES string of the molecule is Cc1cc(S(=O)(=O)O)ccc1N=Nc1c(O)ccc2cc(S(=O)(=O)O)ccc12.[H-].[H-].[Na+].[Na+]. The number of hydrogen-bond acceptors (Lipinski definition) is 7. The van der Waals surface area contributed by atoms with Crippen molar-refractivity contribution in [2.24, 2.45) is 10.2 Å². The molecule has 0 unspecified atom stereocenters. The first kappa shape index (κ1) is 27.2. The van der Waals surface area contributed by atoms with E-state index in [0.29, 0.717) is 22.0 Å². The number of rotatable bonds is 4. The molecule has 0 heterocycles. The van der Waals surface area contributed by atoms with E-state index in [4.69, 9.17) is 9.11 Å². The van der Waals surface area contributed by atoms with Gasteiger partial charge in [0, 0.05) is 5.39 Å². The van der Waals surface area contributed by atoms with Gasteiger partial charge in [0.05, 0.1) is 15.5 Å². The molecule has 0 aliphatic rings. The number of nitrogens with zero attached hydrogens (tertiary/aromatic N) is 2. The van der Waals surface area contributed by atoms with Gasteiger partial charge in [-0.2, -0.15) is 21.9 Å². The molecule has 13 heteroatoms. The zero-order valence-corrected chi connectivity index (χ0v) is 21.9. The summed E-state index contributed by atoms with van der Waals surface area (Å²) < 4.78 is 63.1. The van der Waals surface area contributed by atoms with Crippen molar-refractivity contribution in [2.75, 3.05) is 0 Å².